The SMILES string of the molecule is CN(CCOc1cccc(CNC(=O)Cc2cn(C)c3ccccc23)c1)C1CCOCC1. The van der Waals surface area contributed by atoms with Crippen LogP contribution in [0, 0.1) is 0 Å². The number of aromatic nitrogens is 1. The minimum atomic E-state index is 0.0192. The Hall–Kier alpha value is -2.83. The maximum absolute atomic E-state index is 12.6. The third kappa shape index (κ3) is 5.69. The molecule has 1 aliphatic rings. The van der Waals surface area contributed by atoms with E-state index in [9.17, 15) is 4.79 Å². The van der Waals surface area contributed by atoms with Crippen molar-refractivity contribution in [1.82, 2.24) is 14.8 Å². The maximum Gasteiger partial charge on any atom is 0.224 e. The van der Waals surface area contributed by atoms with E-state index in [0.717, 1.165) is 60.4 Å². The Labute approximate surface area is 190 Å². The molecule has 4 rings (SSSR count). The number of nitrogens with zero attached hydrogens (tertiary/aromatic N) is 2. The molecule has 2 aromatic carbocycles. The molecular formula is C26H33N3O3. The summed E-state index contributed by atoms with van der Waals surface area (Å²) >= 11 is 0. The number of para-hydroxylation sites is 1. The third-order valence-electron chi connectivity index (χ3n) is 6.25. The summed E-state index contributed by atoms with van der Waals surface area (Å²) in [5, 5.41) is 4.17. The first kappa shape index (κ1) is 22.4. The molecule has 0 aliphatic carbocycles. The van der Waals surface area contributed by atoms with Gasteiger partial charge in [0, 0.05) is 56.5 Å². The number of fused-ring (bicyclic) bond motifs is 1. The molecular weight excluding hydrogens is 402 g/mol. The van der Waals surface area contributed by atoms with Crippen molar-refractivity contribution in [2.45, 2.75) is 31.8 Å². The number of likely N-dealkylation sites (N-methyl/N-ethyl adjacent to an activating group) is 1. The summed E-state index contributed by atoms with van der Waals surface area (Å²) < 4.78 is 13.5. The summed E-state index contributed by atoms with van der Waals surface area (Å²) in [6, 6.07) is 16.7. The van der Waals surface area contributed by atoms with E-state index in [1.807, 2.05) is 49.6 Å². The van der Waals surface area contributed by atoms with E-state index in [-0.39, 0.29) is 5.91 Å². The number of benzene rings is 2. The molecule has 1 amide bonds. The number of amides is 1. The van der Waals surface area contributed by atoms with E-state index in [1.54, 1.807) is 0 Å². The first-order chi connectivity index (χ1) is 15.6. The zero-order valence-electron chi connectivity index (χ0n) is 19.0. The topological polar surface area (TPSA) is 55.7 Å². The van der Waals surface area contributed by atoms with Crippen LogP contribution in [0.4, 0.5) is 0 Å². The molecule has 6 nitrogen and oxygen atoms in total. The van der Waals surface area contributed by atoms with Crippen molar-refractivity contribution in [2.24, 2.45) is 7.05 Å². The highest BCUT2D eigenvalue weighted by Crippen LogP contribution is 2.21. The molecule has 3 aromatic rings. The minimum absolute atomic E-state index is 0.0192. The van der Waals surface area contributed by atoms with Gasteiger partial charge in [0.05, 0.1) is 6.42 Å². The largest absolute Gasteiger partial charge is 0.492 e. The number of carbonyl (C=O) groups excluding carboxylic acids is 1. The molecule has 32 heavy (non-hydrogen) atoms. The molecule has 170 valence electrons. The van der Waals surface area contributed by atoms with Crippen molar-refractivity contribution in [1.29, 1.82) is 0 Å². The summed E-state index contributed by atoms with van der Waals surface area (Å²) in [6.07, 6.45) is 4.58. The molecule has 0 bridgehead atoms. The molecule has 0 unspecified atom stereocenters. The van der Waals surface area contributed by atoms with Gasteiger partial charge in [-0.05, 0) is 49.2 Å². The number of carbonyl (C=O) groups is 1. The normalized spacial score (nSPS) is 14.7. The van der Waals surface area contributed by atoms with Gasteiger partial charge in [-0.2, -0.15) is 0 Å². The third-order valence-corrected chi connectivity index (χ3v) is 6.25. The Balaban J connectivity index is 1.25. The summed E-state index contributed by atoms with van der Waals surface area (Å²) in [4.78, 5) is 14.9. The van der Waals surface area contributed by atoms with Gasteiger partial charge in [-0.3, -0.25) is 9.69 Å². The van der Waals surface area contributed by atoms with Crippen molar-refractivity contribution in [3.05, 3.63) is 65.9 Å². The number of aryl methyl sites for hydroxylation is 1. The van der Waals surface area contributed by atoms with Crippen LogP contribution in [-0.2, 0) is 29.5 Å². The van der Waals surface area contributed by atoms with E-state index >= 15 is 0 Å². The zero-order valence-corrected chi connectivity index (χ0v) is 19.0. The fraction of sp³-hybridized carbons (Fsp3) is 0.423. The minimum Gasteiger partial charge on any atom is -0.492 e. The van der Waals surface area contributed by atoms with Gasteiger partial charge >= 0.3 is 0 Å². The second-order valence-corrected chi connectivity index (χ2v) is 8.56. The first-order valence-electron chi connectivity index (χ1n) is 11.4. The summed E-state index contributed by atoms with van der Waals surface area (Å²) in [5.41, 5.74) is 3.22. The van der Waals surface area contributed by atoms with Crippen LogP contribution in [0.1, 0.15) is 24.0 Å². The maximum atomic E-state index is 12.6. The van der Waals surface area contributed by atoms with E-state index in [4.69, 9.17) is 9.47 Å². The van der Waals surface area contributed by atoms with Crippen LogP contribution < -0.4 is 10.1 Å². The second-order valence-electron chi connectivity index (χ2n) is 8.56. The Morgan fingerprint density at radius 2 is 2.00 bits per heavy atom. The predicted molar refractivity (Wildman–Crippen MR) is 127 cm³/mol. The van der Waals surface area contributed by atoms with Gasteiger partial charge in [-0.1, -0.05) is 30.3 Å². The highest BCUT2D eigenvalue weighted by Gasteiger charge is 2.18. The van der Waals surface area contributed by atoms with Crippen LogP contribution in [0.15, 0.2) is 54.7 Å². The molecule has 1 saturated heterocycles. The highest BCUT2D eigenvalue weighted by atomic mass is 16.5. The van der Waals surface area contributed by atoms with Crippen molar-refractivity contribution in [3.63, 3.8) is 0 Å². The van der Waals surface area contributed by atoms with Gasteiger partial charge in [0.1, 0.15) is 12.4 Å². The lowest BCUT2D eigenvalue weighted by molar-refractivity contribution is -0.120. The monoisotopic (exact) mass is 435 g/mol. The highest BCUT2D eigenvalue weighted by molar-refractivity contribution is 5.89. The van der Waals surface area contributed by atoms with Crippen LogP contribution in [0.2, 0.25) is 0 Å². The summed E-state index contributed by atoms with van der Waals surface area (Å²) in [7, 11) is 4.16. The molecule has 1 N–H and O–H groups in total. The van der Waals surface area contributed by atoms with Crippen LogP contribution in [0.25, 0.3) is 10.9 Å². The van der Waals surface area contributed by atoms with Gasteiger partial charge in [-0.25, -0.2) is 0 Å². The lowest BCUT2D eigenvalue weighted by Crippen LogP contribution is -2.38. The predicted octanol–water partition coefficient (Wildman–Crippen LogP) is 3.53. The number of nitrogens with one attached hydrogen (secondary N) is 1. The fourth-order valence-corrected chi connectivity index (χ4v) is 4.36. The molecule has 2 heterocycles. The lowest BCUT2D eigenvalue weighted by atomic mass is 10.1. The van der Waals surface area contributed by atoms with Gasteiger partial charge in [0.25, 0.3) is 0 Å². The van der Waals surface area contributed by atoms with Gasteiger partial charge < -0.3 is 19.4 Å². The summed E-state index contributed by atoms with van der Waals surface area (Å²) in [6.45, 7) is 3.72. The van der Waals surface area contributed by atoms with Crippen LogP contribution in [-0.4, -0.2) is 54.8 Å². The Bertz CT molecular complexity index is 1040. The van der Waals surface area contributed by atoms with Crippen molar-refractivity contribution >= 4 is 16.8 Å². The smallest absolute Gasteiger partial charge is 0.224 e. The van der Waals surface area contributed by atoms with Gasteiger partial charge in [0.15, 0.2) is 0 Å². The van der Waals surface area contributed by atoms with E-state index in [1.165, 1.54) is 0 Å². The van der Waals surface area contributed by atoms with Crippen LogP contribution in [0.5, 0.6) is 5.75 Å². The molecule has 0 atom stereocenters. The average Bonchev–Trinajstić information content (AvgIpc) is 3.14. The first-order valence-corrected chi connectivity index (χ1v) is 11.4. The second kappa shape index (κ2) is 10.7. The number of ether oxygens (including phenoxy) is 2. The molecule has 1 fully saturated rings. The molecule has 1 aliphatic heterocycles. The number of hydrogen-bond acceptors (Lipinski definition) is 4. The quantitative estimate of drug-likeness (QED) is 0.559. The van der Waals surface area contributed by atoms with E-state index < -0.39 is 0 Å². The lowest BCUT2D eigenvalue weighted by Gasteiger charge is -2.31. The van der Waals surface area contributed by atoms with Crippen molar-refractivity contribution in [2.75, 3.05) is 33.4 Å². The average molecular weight is 436 g/mol. The fourth-order valence-electron chi connectivity index (χ4n) is 4.36. The Morgan fingerprint density at radius 3 is 2.84 bits per heavy atom. The summed E-state index contributed by atoms with van der Waals surface area (Å²) in [5.74, 6) is 0.858. The van der Waals surface area contributed by atoms with Gasteiger partial charge in [-0.15, -0.1) is 0 Å². The van der Waals surface area contributed by atoms with Crippen molar-refractivity contribution in [3.8, 4) is 5.75 Å². The Kier molecular flexibility index (Phi) is 7.45. The van der Waals surface area contributed by atoms with E-state index in [2.05, 4.69) is 34.0 Å². The molecule has 0 radical (unpaired) electrons. The number of rotatable bonds is 9. The number of hydrogen-bond donors (Lipinski definition) is 1. The molecule has 1 aromatic heterocycles. The Morgan fingerprint density at radius 1 is 1.19 bits per heavy atom. The zero-order chi connectivity index (χ0) is 22.3. The van der Waals surface area contributed by atoms with Gasteiger partial charge in [0.2, 0.25) is 5.91 Å². The van der Waals surface area contributed by atoms with Crippen molar-refractivity contribution < 1.29 is 14.3 Å². The molecule has 0 spiro atoms. The standard InChI is InChI=1S/C26H33N3O3/c1-28(22-10-13-31-14-11-22)12-15-32-23-7-5-6-20(16-23)18-27-26(30)17-21-19-29(2)25-9-4-3-8-24(21)25/h3-9,16,19,22H,10-15,17-18H2,1-2H3,(H,27,30). The van der Waals surface area contributed by atoms with Crippen LogP contribution >= 0.6 is 0 Å². The van der Waals surface area contributed by atoms with Crippen LogP contribution in [0.3, 0.4) is 0 Å². The molecule has 6 heteroatoms. The van der Waals surface area contributed by atoms with E-state index in [0.29, 0.717) is 25.6 Å². The molecule has 0 saturated carbocycles.